The molecule has 0 N–H and O–H groups in total. The molecular weight excluding hydrogens is 394 g/mol. The van der Waals surface area contributed by atoms with Crippen molar-refractivity contribution in [3.8, 4) is 0 Å². The molecule has 0 amide bonds. The van der Waals surface area contributed by atoms with Crippen LogP contribution in [0, 0.1) is 13.8 Å². The van der Waals surface area contributed by atoms with Gasteiger partial charge < -0.3 is 4.74 Å². The molecule has 0 aliphatic carbocycles. The van der Waals surface area contributed by atoms with E-state index in [2.05, 4.69) is 4.90 Å². The number of aromatic nitrogens is 2. The van der Waals surface area contributed by atoms with Gasteiger partial charge in [0.15, 0.2) is 5.78 Å². The Morgan fingerprint density at radius 2 is 1.90 bits per heavy atom. The Hall–Kier alpha value is -2.28. The Morgan fingerprint density at radius 1 is 1.13 bits per heavy atom. The van der Waals surface area contributed by atoms with Crippen molar-refractivity contribution in [1.29, 1.82) is 0 Å². The predicted molar refractivity (Wildman–Crippen MR) is 121 cm³/mol. The third-order valence-electron chi connectivity index (χ3n) is 5.40. The summed E-state index contributed by atoms with van der Waals surface area (Å²) in [6.45, 7) is 9.94. The summed E-state index contributed by atoms with van der Waals surface area (Å²) in [4.78, 5) is 25.1. The Labute approximate surface area is 181 Å². The molecule has 1 saturated heterocycles. The lowest BCUT2D eigenvalue weighted by Gasteiger charge is -2.26. The van der Waals surface area contributed by atoms with E-state index in [1.807, 2.05) is 63.2 Å². The summed E-state index contributed by atoms with van der Waals surface area (Å²) < 4.78 is 5.45. The average molecular weight is 422 g/mol. The van der Waals surface area contributed by atoms with E-state index in [4.69, 9.17) is 14.7 Å². The average Bonchev–Trinajstić information content (AvgIpc) is 2.75. The second-order valence-electron chi connectivity index (χ2n) is 7.79. The standard InChI is InChI=1S/C24H27N3O2S/c1-16-8-9-17(2)20(14-16)23(28)18(3)30-24-19-6-4-5-7-21(19)25-22(26-24)15-27-10-12-29-13-11-27/h4-9,14,18H,10-13,15H2,1-3H3. The number of para-hydroxylation sites is 1. The maximum absolute atomic E-state index is 13.2. The van der Waals surface area contributed by atoms with Crippen molar-refractivity contribution in [3.05, 3.63) is 65.0 Å². The lowest BCUT2D eigenvalue weighted by atomic mass is 10.0. The highest BCUT2D eigenvalue weighted by Gasteiger charge is 2.21. The summed E-state index contributed by atoms with van der Waals surface area (Å²) in [5.41, 5.74) is 3.83. The van der Waals surface area contributed by atoms with E-state index in [1.54, 1.807) is 0 Å². The summed E-state index contributed by atoms with van der Waals surface area (Å²) in [5, 5.41) is 1.63. The lowest BCUT2D eigenvalue weighted by molar-refractivity contribution is 0.0330. The Kier molecular flexibility index (Phi) is 6.46. The number of carbonyl (C=O) groups excluding carboxylic acids is 1. The number of benzene rings is 2. The molecule has 1 unspecified atom stereocenters. The molecule has 156 valence electrons. The zero-order valence-electron chi connectivity index (χ0n) is 17.7. The van der Waals surface area contributed by atoms with E-state index >= 15 is 0 Å². The molecule has 5 nitrogen and oxygen atoms in total. The molecule has 30 heavy (non-hydrogen) atoms. The molecule has 1 aliphatic heterocycles. The van der Waals surface area contributed by atoms with Crippen LogP contribution in [-0.4, -0.2) is 52.2 Å². The van der Waals surface area contributed by atoms with Gasteiger partial charge in [-0.15, -0.1) is 0 Å². The van der Waals surface area contributed by atoms with Crippen molar-refractivity contribution in [1.82, 2.24) is 14.9 Å². The maximum Gasteiger partial charge on any atom is 0.176 e. The van der Waals surface area contributed by atoms with E-state index in [9.17, 15) is 4.79 Å². The number of rotatable bonds is 6. The van der Waals surface area contributed by atoms with Crippen molar-refractivity contribution in [2.45, 2.75) is 37.6 Å². The quantitative estimate of drug-likeness (QED) is 0.333. The fraction of sp³-hybridized carbons (Fsp3) is 0.375. The van der Waals surface area contributed by atoms with Crippen LogP contribution < -0.4 is 0 Å². The normalized spacial score (nSPS) is 16.0. The first-order valence-electron chi connectivity index (χ1n) is 10.3. The molecule has 0 bridgehead atoms. The van der Waals surface area contributed by atoms with Crippen LogP contribution in [-0.2, 0) is 11.3 Å². The monoisotopic (exact) mass is 421 g/mol. The van der Waals surface area contributed by atoms with Gasteiger partial charge in [-0.3, -0.25) is 9.69 Å². The first kappa shape index (κ1) is 21.0. The number of thioether (sulfide) groups is 1. The summed E-state index contributed by atoms with van der Waals surface area (Å²) in [5.74, 6) is 0.933. The number of Topliss-reactive ketones (excluding diaryl/α,β-unsaturated/α-hetero) is 1. The second kappa shape index (κ2) is 9.25. The molecule has 4 rings (SSSR count). The molecule has 0 spiro atoms. The summed E-state index contributed by atoms with van der Waals surface area (Å²) in [6.07, 6.45) is 0. The SMILES string of the molecule is Cc1ccc(C)c(C(=O)C(C)Sc2nc(CN3CCOCC3)nc3ccccc23)c1. The van der Waals surface area contributed by atoms with Crippen LogP contribution in [0.15, 0.2) is 47.5 Å². The van der Waals surface area contributed by atoms with E-state index in [-0.39, 0.29) is 11.0 Å². The minimum atomic E-state index is -0.236. The molecule has 2 heterocycles. The van der Waals surface area contributed by atoms with Crippen LogP contribution in [0.25, 0.3) is 10.9 Å². The number of hydrogen-bond donors (Lipinski definition) is 0. The Bertz CT molecular complexity index is 1060. The minimum Gasteiger partial charge on any atom is -0.379 e. The highest BCUT2D eigenvalue weighted by atomic mass is 32.2. The lowest BCUT2D eigenvalue weighted by Crippen LogP contribution is -2.36. The van der Waals surface area contributed by atoms with Gasteiger partial charge >= 0.3 is 0 Å². The highest BCUT2D eigenvalue weighted by Crippen LogP contribution is 2.31. The van der Waals surface area contributed by atoms with Gasteiger partial charge in [0, 0.05) is 24.0 Å². The zero-order valence-corrected chi connectivity index (χ0v) is 18.5. The Morgan fingerprint density at radius 3 is 2.70 bits per heavy atom. The van der Waals surface area contributed by atoms with Gasteiger partial charge in [-0.2, -0.15) is 0 Å². The van der Waals surface area contributed by atoms with E-state index in [1.165, 1.54) is 11.8 Å². The van der Waals surface area contributed by atoms with Gasteiger partial charge in [0.25, 0.3) is 0 Å². The van der Waals surface area contributed by atoms with Crippen LogP contribution in [0.1, 0.15) is 34.2 Å². The van der Waals surface area contributed by atoms with Crippen LogP contribution in [0.3, 0.4) is 0 Å². The first-order chi connectivity index (χ1) is 14.5. The number of ketones is 1. The fourth-order valence-corrected chi connectivity index (χ4v) is 4.68. The molecule has 2 aromatic carbocycles. The van der Waals surface area contributed by atoms with Gasteiger partial charge in [0.05, 0.1) is 30.5 Å². The molecule has 0 saturated carbocycles. The smallest absolute Gasteiger partial charge is 0.176 e. The third-order valence-corrected chi connectivity index (χ3v) is 6.50. The second-order valence-corrected chi connectivity index (χ2v) is 9.12. The summed E-state index contributed by atoms with van der Waals surface area (Å²) in [7, 11) is 0. The molecular formula is C24H27N3O2S. The topological polar surface area (TPSA) is 55.3 Å². The van der Waals surface area contributed by atoms with Gasteiger partial charge in [-0.25, -0.2) is 9.97 Å². The predicted octanol–water partition coefficient (Wildman–Crippen LogP) is 4.44. The molecule has 1 fully saturated rings. The van der Waals surface area contributed by atoms with Crippen LogP contribution in [0.4, 0.5) is 0 Å². The van der Waals surface area contributed by atoms with Gasteiger partial charge in [-0.1, -0.05) is 47.7 Å². The molecule has 1 aliphatic rings. The van der Waals surface area contributed by atoms with E-state index in [0.29, 0.717) is 6.54 Å². The van der Waals surface area contributed by atoms with Crippen molar-refractivity contribution >= 4 is 28.4 Å². The van der Waals surface area contributed by atoms with Gasteiger partial charge in [0.1, 0.15) is 10.9 Å². The van der Waals surface area contributed by atoms with Crippen molar-refractivity contribution in [3.63, 3.8) is 0 Å². The fourth-order valence-electron chi connectivity index (χ4n) is 3.65. The van der Waals surface area contributed by atoms with Crippen molar-refractivity contribution in [2.24, 2.45) is 0 Å². The molecule has 3 aromatic rings. The number of morpholine rings is 1. The maximum atomic E-state index is 13.2. The number of aryl methyl sites for hydroxylation is 2. The van der Waals surface area contributed by atoms with Gasteiger partial charge in [-0.05, 0) is 38.5 Å². The Balaban J connectivity index is 1.62. The highest BCUT2D eigenvalue weighted by molar-refractivity contribution is 8.00. The third kappa shape index (κ3) is 4.72. The molecule has 6 heteroatoms. The van der Waals surface area contributed by atoms with Crippen LogP contribution in [0.2, 0.25) is 0 Å². The van der Waals surface area contributed by atoms with Gasteiger partial charge in [0.2, 0.25) is 0 Å². The molecule has 1 atom stereocenters. The molecule has 0 radical (unpaired) electrons. The van der Waals surface area contributed by atoms with E-state index in [0.717, 1.165) is 64.7 Å². The number of carbonyl (C=O) groups is 1. The number of hydrogen-bond acceptors (Lipinski definition) is 6. The first-order valence-corrected chi connectivity index (χ1v) is 11.2. The number of ether oxygens (including phenoxy) is 1. The minimum absolute atomic E-state index is 0.138. The summed E-state index contributed by atoms with van der Waals surface area (Å²) >= 11 is 1.52. The van der Waals surface area contributed by atoms with Crippen LogP contribution in [0.5, 0.6) is 0 Å². The van der Waals surface area contributed by atoms with Crippen molar-refractivity contribution in [2.75, 3.05) is 26.3 Å². The number of fused-ring (bicyclic) bond motifs is 1. The number of nitrogens with zero attached hydrogens (tertiary/aromatic N) is 3. The zero-order chi connectivity index (χ0) is 21.1. The largest absolute Gasteiger partial charge is 0.379 e. The molecule has 1 aromatic heterocycles. The summed E-state index contributed by atoms with van der Waals surface area (Å²) in [6, 6.07) is 14.1. The van der Waals surface area contributed by atoms with Crippen molar-refractivity contribution < 1.29 is 9.53 Å². The van der Waals surface area contributed by atoms with E-state index < -0.39 is 0 Å². The van der Waals surface area contributed by atoms with Crippen LogP contribution >= 0.6 is 11.8 Å².